The first-order valence-corrected chi connectivity index (χ1v) is 16.6. The van der Waals surface area contributed by atoms with Crippen LogP contribution in [-0.4, -0.2) is 141 Å². The van der Waals surface area contributed by atoms with Crippen LogP contribution < -0.4 is 0 Å². The van der Waals surface area contributed by atoms with E-state index in [1.165, 1.54) is 0 Å². The van der Waals surface area contributed by atoms with E-state index < -0.39 is 15.0 Å². The summed E-state index contributed by atoms with van der Waals surface area (Å²) in [6.45, 7) is 20.1. The van der Waals surface area contributed by atoms with Gasteiger partial charge in [0.2, 0.25) is 0 Å². The Morgan fingerprint density at radius 1 is 0.395 bits per heavy atom. The molecule has 0 amide bonds. The molecule has 0 aromatic carbocycles. The summed E-state index contributed by atoms with van der Waals surface area (Å²) in [5.41, 5.74) is 0. The lowest BCUT2D eigenvalue weighted by Gasteiger charge is -2.36. The van der Waals surface area contributed by atoms with Crippen LogP contribution in [0.4, 0.5) is 4.39 Å². The van der Waals surface area contributed by atoms with E-state index in [1.54, 1.807) is 0 Å². The van der Waals surface area contributed by atoms with Gasteiger partial charge in [-0.3, -0.25) is 0 Å². The molecule has 0 N–H and O–H groups in total. The lowest BCUT2D eigenvalue weighted by atomic mass is 10.2. The number of ether oxygens (including phenoxy) is 9. The molecule has 0 aromatic rings. The average Bonchev–Trinajstić information content (AvgIpc) is 2.87. The number of rotatable bonds is 30. The minimum atomic E-state index is -1.69. The lowest BCUT2D eigenvalue weighted by Crippen LogP contribution is -2.41. The van der Waals surface area contributed by atoms with Crippen molar-refractivity contribution in [2.45, 2.75) is 38.9 Å². The van der Waals surface area contributed by atoms with Crippen molar-refractivity contribution in [3.63, 3.8) is 0 Å². The number of hydrogen-bond donors (Lipinski definition) is 0. The summed E-state index contributed by atoms with van der Waals surface area (Å²) in [4.78, 5) is 0. The minimum absolute atomic E-state index is 0.117. The summed E-state index contributed by atoms with van der Waals surface area (Å²) in [7, 11) is -1.69. The number of hydrogen-bond acceptors (Lipinski definition) is 10. The third-order valence-electron chi connectivity index (χ3n) is 5.69. The standard InChI is InChI=1S/C26H55FO10Si/c1-26(2,3)38(4,5)37-25-24-36-23-22-35-21-20-34-19-18-33-17-16-32-15-14-31-13-12-30-11-10-29-9-8-28-7-6-27/h6-25H2,1-5H3. The van der Waals surface area contributed by atoms with Gasteiger partial charge in [-0.1, -0.05) is 20.8 Å². The molecule has 0 radical (unpaired) electrons. The summed E-state index contributed by atoms with van der Waals surface area (Å²) in [6, 6.07) is 0. The molecule has 0 aliphatic heterocycles. The van der Waals surface area contributed by atoms with Crippen molar-refractivity contribution in [2.24, 2.45) is 0 Å². The third-order valence-corrected chi connectivity index (χ3v) is 10.2. The molecule has 230 valence electrons. The van der Waals surface area contributed by atoms with Crippen LogP contribution in [0.5, 0.6) is 0 Å². The zero-order valence-electron chi connectivity index (χ0n) is 24.6. The van der Waals surface area contributed by atoms with E-state index in [0.717, 1.165) is 0 Å². The van der Waals surface area contributed by atoms with E-state index in [-0.39, 0.29) is 11.6 Å². The number of halogens is 1. The van der Waals surface area contributed by atoms with Gasteiger partial charge in [0.05, 0.1) is 126 Å². The Kier molecular flexibility index (Phi) is 26.8. The molecular weight excluding hydrogens is 519 g/mol. The normalized spacial score (nSPS) is 12.5. The predicted octanol–water partition coefficient (Wildman–Crippen LogP) is 3.13. The first-order valence-electron chi connectivity index (χ1n) is 13.7. The monoisotopic (exact) mass is 574 g/mol. The van der Waals surface area contributed by atoms with E-state index in [0.29, 0.717) is 119 Å². The van der Waals surface area contributed by atoms with Crippen LogP contribution in [0.2, 0.25) is 18.1 Å². The van der Waals surface area contributed by atoms with Crippen LogP contribution >= 0.6 is 0 Å². The van der Waals surface area contributed by atoms with Gasteiger partial charge in [-0.05, 0) is 18.1 Å². The third kappa shape index (κ3) is 26.0. The van der Waals surface area contributed by atoms with Gasteiger partial charge in [0.25, 0.3) is 0 Å². The van der Waals surface area contributed by atoms with Gasteiger partial charge in [-0.25, -0.2) is 4.39 Å². The second-order valence-electron chi connectivity index (χ2n) is 9.81. The van der Waals surface area contributed by atoms with Crippen molar-refractivity contribution >= 4 is 8.32 Å². The molecule has 0 rings (SSSR count). The van der Waals surface area contributed by atoms with Crippen molar-refractivity contribution < 1.29 is 51.4 Å². The minimum Gasteiger partial charge on any atom is -0.414 e. The fraction of sp³-hybridized carbons (Fsp3) is 1.00. The Balaban J connectivity index is 3.13. The summed E-state index contributed by atoms with van der Waals surface area (Å²) in [5.74, 6) is 0. The fourth-order valence-electron chi connectivity index (χ4n) is 2.49. The van der Waals surface area contributed by atoms with Crippen molar-refractivity contribution in [3.8, 4) is 0 Å². The highest BCUT2D eigenvalue weighted by Crippen LogP contribution is 2.36. The van der Waals surface area contributed by atoms with E-state index in [1.807, 2.05) is 0 Å². The fourth-order valence-corrected chi connectivity index (χ4v) is 3.51. The molecule has 0 aromatic heterocycles. The predicted molar refractivity (Wildman–Crippen MR) is 146 cm³/mol. The highest BCUT2D eigenvalue weighted by molar-refractivity contribution is 6.74. The lowest BCUT2D eigenvalue weighted by molar-refractivity contribution is -0.0256. The van der Waals surface area contributed by atoms with Crippen LogP contribution in [0.1, 0.15) is 20.8 Å². The van der Waals surface area contributed by atoms with Gasteiger partial charge in [0.1, 0.15) is 6.67 Å². The maximum atomic E-state index is 11.8. The van der Waals surface area contributed by atoms with Crippen molar-refractivity contribution in [1.82, 2.24) is 0 Å². The Morgan fingerprint density at radius 2 is 0.605 bits per heavy atom. The quantitative estimate of drug-likeness (QED) is 0.0941. The molecular formula is C26H55FO10Si. The Hall–Kier alpha value is -0.253. The number of alkyl halides is 1. The highest BCUT2D eigenvalue weighted by atomic mass is 28.4. The second kappa shape index (κ2) is 26.9. The Labute approximate surface area is 231 Å². The topological polar surface area (TPSA) is 92.3 Å². The summed E-state index contributed by atoms with van der Waals surface area (Å²) >= 11 is 0. The maximum absolute atomic E-state index is 11.8. The van der Waals surface area contributed by atoms with Crippen LogP contribution in [0, 0.1) is 0 Å². The molecule has 0 aliphatic rings. The first kappa shape index (κ1) is 37.7. The van der Waals surface area contributed by atoms with E-state index in [4.69, 9.17) is 47.1 Å². The largest absolute Gasteiger partial charge is 0.414 e. The molecule has 0 bridgehead atoms. The van der Waals surface area contributed by atoms with Gasteiger partial charge in [0.15, 0.2) is 8.32 Å². The van der Waals surface area contributed by atoms with Gasteiger partial charge in [-0.2, -0.15) is 0 Å². The van der Waals surface area contributed by atoms with Crippen LogP contribution in [0.15, 0.2) is 0 Å². The molecule has 0 spiro atoms. The van der Waals surface area contributed by atoms with Crippen molar-refractivity contribution in [1.29, 1.82) is 0 Å². The van der Waals surface area contributed by atoms with Gasteiger partial charge >= 0.3 is 0 Å². The maximum Gasteiger partial charge on any atom is 0.192 e. The molecule has 38 heavy (non-hydrogen) atoms. The summed E-state index contributed by atoms with van der Waals surface area (Å²) in [5, 5.41) is 0.218. The summed E-state index contributed by atoms with van der Waals surface area (Å²) in [6.07, 6.45) is 0. The molecule has 0 aliphatic carbocycles. The first-order chi connectivity index (χ1) is 18.3. The highest BCUT2D eigenvalue weighted by Gasteiger charge is 2.36. The zero-order chi connectivity index (χ0) is 28.2. The molecule has 0 heterocycles. The zero-order valence-corrected chi connectivity index (χ0v) is 25.6. The Morgan fingerprint density at radius 3 is 0.816 bits per heavy atom. The molecule has 0 atom stereocenters. The molecule has 0 saturated carbocycles. The molecule has 0 fully saturated rings. The van der Waals surface area contributed by atoms with Crippen LogP contribution in [0.3, 0.4) is 0 Å². The van der Waals surface area contributed by atoms with Gasteiger partial charge in [-0.15, -0.1) is 0 Å². The smallest absolute Gasteiger partial charge is 0.192 e. The molecule has 0 saturated heterocycles. The van der Waals surface area contributed by atoms with Crippen LogP contribution in [0.25, 0.3) is 0 Å². The molecule has 12 heteroatoms. The van der Waals surface area contributed by atoms with E-state index in [9.17, 15) is 4.39 Å². The van der Waals surface area contributed by atoms with E-state index in [2.05, 4.69) is 33.9 Å². The SMILES string of the molecule is CC(C)(C)[Si](C)(C)OCCOCCOCCOCCOCCOCCOCCOCCOCCOCCF. The Bertz CT molecular complexity index is 483. The average molecular weight is 575 g/mol. The second-order valence-corrected chi connectivity index (χ2v) is 14.6. The summed E-state index contributed by atoms with van der Waals surface area (Å²) < 4.78 is 66.3. The molecule has 10 nitrogen and oxygen atoms in total. The van der Waals surface area contributed by atoms with E-state index >= 15 is 0 Å². The van der Waals surface area contributed by atoms with Crippen molar-refractivity contribution in [3.05, 3.63) is 0 Å². The van der Waals surface area contributed by atoms with Crippen LogP contribution in [-0.2, 0) is 47.1 Å². The van der Waals surface area contributed by atoms with Gasteiger partial charge in [0, 0.05) is 0 Å². The van der Waals surface area contributed by atoms with Gasteiger partial charge < -0.3 is 47.1 Å². The van der Waals surface area contributed by atoms with Crippen molar-refractivity contribution in [2.75, 3.05) is 132 Å². The molecule has 0 unspecified atom stereocenters.